The summed E-state index contributed by atoms with van der Waals surface area (Å²) in [5.74, 6) is 0. The predicted molar refractivity (Wildman–Crippen MR) is 64.9 cm³/mol. The van der Waals surface area contributed by atoms with E-state index in [1.54, 1.807) is 0 Å². The Morgan fingerprint density at radius 3 is 2.87 bits per heavy atom. The first-order chi connectivity index (χ1) is 6.75. The van der Waals surface area contributed by atoms with Gasteiger partial charge in [-0.1, -0.05) is 23.7 Å². The zero-order chi connectivity index (χ0) is 9.97. The van der Waals surface area contributed by atoms with Crippen LogP contribution in [0, 0.1) is 0 Å². The predicted octanol–water partition coefficient (Wildman–Crippen LogP) is 2.81. The van der Waals surface area contributed by atoms with Crippen molar-refractivity contribution in [1.29, 1.82) is 0 Å². The Balaban J connectivity index is 0.00000112. The Morgan fingerprint density at radius 1 is 1.47 bits per heavy atom. The summed E-state index contributed by atoms with van der Waals surface area (Å²) in [6.45, 7) is 3.74. The van der Waals surface area contributed by atoms with Crippen LogP contribution in [0.1, 0.15) is 18.6 Å². The third-order valence-corrected chi connectivity index (χ3v) is 2.65. The SMILES string of the molecule is CC1COC(c2cccc(Cl)c2)CN1.Cl. The van der Waals surface area contributed by atoms with Gasteiger partial charge in [0, 0.05) is 17.6 Å². The fraction of sp³-hybridized carbons (Fsp3) is 0.455. The fourth-order valence-corrected chi connectivity index (χ4v) is 1.81. The van der Waals surface area contributed by atoms with Gasteiger partial charge in [-0.2, -0.15) is 0 Å². The molecule has 2 unspecified atom stereocenters. The second-order valence-electron chi connectivity index (χ2n) is 3.69. The highest BCUT2D eigenvalue weighted by Crippen LogP contribution is 2.22. The summed E-state index contributed by atoms with van der Waals surface area (Å²) in [7, 11) is 0. The van der Waals surface area contributed by atoms with Crippen LogP contribution in [0.25, 0.3) is 0 Å². The van der Waals surface area contributed by atoms with Crippen molar-refractivity contribution in [3.63, 3.8) is 0 Å². The van der Waals surface area contributed by atoms with E-state index in [1.165, 1.54) is 0 Å². The Kier molecular flexibility index (Phi) is 4.87. The van der Waals surface area contributed by atoms with Crippen molar-refractivity contribution in [1.82, 2.24) is 5.32 Å². The van der Waals surface area contributed by atoms with Gasteiger partial charge < -0.3 is 10.1 Å². The van der Waals surface area contributed by atoms with Crippen molar-refractivity contribution in [3.05, 3.63) is 34.9 Å². The van der Waals surface area contributed by atoms with E-state index < -0.39 is 0 Å². The van der Waals surface area contributed by atoms with Crippen molar-refractivity contribution in [2.24, 2.45) is 0 Å². The Hall–Kier alpha value is -0.280. The summed E-state index contributed by atoms with van der Waals surface area (Å²) >= 11 is 5.92. The second-order valence-corrected chi connectivity index (χ2v) is 4.12. The van der Waals surface area contributed by atoms with Gasteiger partial charge in [-0.3, -0.25) is 0 Å². The van der Waals surface area contributed by atoms with Gasteiger partial charge in [0.15, 0.2) is 0 Å². The smallest absolute Gasteiger partial charge is 0.0950 e. The van der Waals surface area contributed by atoms with Gasteiger partial charge in [-0.15, -0.1) is 12.4 Å². The van der Waals surface area contributed by atoms with E-state index in [9.17, 15) is 0 Å². The molecule has 1 N–H and O–H groups in total. The highest BCUT2D eigenvalue weighted by molar-refractivity contribution is 6.30. The molecule has 0 aliphatic carbocycles. The summed E-state index contributed by atoms with van der Waals surface area (Å²) in [6.07, 6.45) is 0.143. The minimum absolute atomic E-state index is 0. The maximum Gasteiger partial charge on any atom is 0.0950 e. The molecule has 1 aromatic rings. The summed E-state index contributed by atoms with van der Waals surface area (Å²) in [5.41, 5.74) is 1.15. The Bertz CT molecular complexity index is 311. The molecule has 0 aromatic heterocycles. The molecule has 1 heterocycles. The zero-order valence-electron chi connectivity index (χ0n) is 8.57. The molecule has 15 heavy (non-hydrogen) atoms. The van der Waals surface area contributed by atoms with Crippen molar-refractivity contribution >= 4 is 24.0 Å². The molecule has 0 bridgehead atoms. The monoisotopic (exact) mass is 247 g/mol. The Morgan fingerprint density at radius 2 is 2.27 bits per heavy atom. The summed E-state index contributed by atoms with van der Waals surface area (Å²) in [5, 5.41) is 4.15. The largest absolute Gasteiger partial charge is 0.371 e. The number of hydrogen-bond donors (Lipinski definition) is 1. The number of nitrogens with one attached hydrogen (secondary N) is 1. The maximum absolute atomic E-state index is 5.92. The molecule has 1 fully saturated rings. The second kappa shape index (κ2) is 5.71. The van der Waals surface area contributed by atoms with Crippen LogP contribution in [-0.2, 0) is 4.74 Å². The lowest BCUT2D eigenvalue weighted by Gasteiger charge is -2.28. The quantitative estimate of drug-likeness (QED) is 0.825. The maximum atomic E-state index is 5.92. The molecule has 84 valence electrons. The van der Waals surface area contributed by atoms with Crippen LogP contribution < -0.4 is 5.32 Å². The minimum Gasteiger partial charge on any atom is -0.371 e. The van der Waals surface area contributed by atoms with Crippen LogP contribution in [0.2, 0.25) is 5.02 Å². The van der Waals surface area contributed by atoms with Crippen LogP contribution in [0.15, 0.2) is 24.3 Å². The molecular weight excluding hydrogens is 233 g/mol. The van der Waals surface area contributed by atoms with Crippen LogP contribution in [-0.4, -0.2) is 19.2 Å². The molecule has 1 saturated heterocycles. The average Bonchev–Trinajstić information content (AvgIpc) is 2.19. The molecular formula is C11H15Cl2NO. The van der Waals surface area contributed by atoms with Gasteiger partial charge in [0.1, 0.15) is 0 Å². The van der Waals surface area contributed by atoms with E-state index in [4.69, 9.17) is 16.3 Å². The van der Waals surface area contributed by atoms with E-state index in [1.807, 2.05) is 24.3 Å². The summed E-state index contributed by atoms with van der Waals surface area (Å²) in [6, 6.07) is 8.30. The number of rotatable bonds is 1. The van der Waals surface area contributed by atoms with E-state index in [-0.39, 0.29) is 18.5 Å². The lowest BCUT2D eigenvalue weighted by molar-refractivity contribution is 0.00696. The molecule has 1 aliphatic heterocycles. The minimum atomic E-state index is 0. The van der Waals surface area contributed by atoms with Crippen LogP contribution in [0.3, 0.4) is 0 Å². The normalized spacial score (nSPS) is 25.7. The van der Waals surface area contributed by atoms with Gasteiger partial charge in [-0.25, -0.2) is 0 Å². The van der Waals surface area contributed by atoms with Gasteiger partial charge in [0.05, 0.1) is 12.7 Å². The standard InChI is InChI=1S/C11H14ClNO.ClH/c1-8-7-14-11(6-13-8)9-3-2-4-10(12)5-9;/h2-5,8,11,13H,6-7H2,1H3;1H. The fourth-order valence-electron chi connectivity index (χ4n) is 1.61. The number of benzene rings is 1. The van der Waals surface area contributed by atoms with Gasteiger partial charge in [0.2, 0.25) is 0 Å². The molecule has 2 rings (SSSR count). The highest BCUT2D eigenvalue weighted by Gasteiger charge is 2.19. The lowest BCUT2D eigenvalue weighted by Crippen LogP contribution is -2.40. The van der Waals surface area contributed by atoms with E-state index >= 15 is 0 Å². The zero-order valence-corrected chi connectivity index (χ0v) is 10.1. The third-order valence-electron chi connectivity index (χ3n) is 2.42. The molecule has 2 atom stereocenters. The van der Waals surface area contributed by atoms with Gasteiger partial charge >= 0.3 is 0 Å². The first-order valence-corrected chi connectivity index (χ1v) is 5.24. The van der Waals surface area contributed by atoms with Crippen LogP contribution in [0.5, 0.6) is 0 Å². The third kappa shape index (κ3) is 3.35. The van der Waals surface area contributed by atoms with E-state index in [0.717, 1.165) is 23.7 Å². The topological polar surface area (TPSA) is 21.3 Å². The number of morpholine rings is 1. The first-order valence-electron chi connectivity index (χ1n) is 4.86. The van der Waals surface area contributed by atoms with Gasteiger partial charge in [-0.05, 0) is 24.6 Å². The summed E-state index contributed by atoms with van der Waals surface area (Å²) < 4.78 is 5.71. The lowest BCUT2D eigenvalue weighted by atomic mass is 10.1. The van der Waals surface area contributed by atoms with Crippen molar-refractivity contribution < 1.29 is 4.74 Å². The van der Waals surface area contributed by atoms with Crippen molar-refractivity contribution in [3.8, 4) is 0 Å². The number of halogens is 2. The van der Waals surface area contributed by atoms with Crippen molar-refractivity contribution in [2.45, 2.75) is 19.1 Å². The number of hydrogen-bond acceptors (Lipinski definition) is 2. The highest BCUT2D eigenvalue weighted by atomic mass is 35.5. The molecule has 2 nitrogen and oxygen atoms in total. The summed E-state index contributed by atoms with van der Waals surface area (Å²) in [4.78, 5) is 0. The molecule has 0 saturated carbocycles. The molecule has 1 aliphatic rings. The molecule has 4 heteroatoms. The van der Waals surface area contributed by atoms with Gasteiger partial charge in [0.25, 0.3) is 0 Å². The molecule has 1 aromatic carbocycles. The van der Waals surface area contributed by atoms with Crippen LogP contribution in [0.4, 0.5) is 0 Å². The van der Waals surface area contributed by atoms with Crippen molar-refractivity contribution in [2.75, 3.05) is 13.2 Å². The average molecular weight is 248 g/mol. The van der Waals surface area contributed by atoms with E-state index in [0.29, 0.717) is 6.04 Å². The molecule has 0 amide bonds. The number of ether oxygens (including phenoxy) is 1. The van der Waals surface area contributed by atoms with Crippen LogP contribution >= 0.6 is 24.0 Å². The first kappa shape index (κ1) is 12.8. The molecule has 0 spiro atoms. The Labute approximate surface area is 101 Å². The molecule has 0 radical (unpaired) electrons. The van der Waals surface area contributed by atoms with E-state index in [2.05, 4.69) is 12.2 Å².